The summed E-state index contributed by atoms with van der Waals surface area (Å²) in [5.74, 6) is 0. The van der Waals surface area contributed by atoms with Gasteiger partial charge in [0.1, 0.15) is 6.34 Å². The van der Waals surface area contributed by atoms with E-state index in [1.807, 2.05) is 0 Å². The molecule has 0 aromatic heterocycles. The van der Waals surface area contributed by atoms with Gasteiger partial charge >= 0.3 is 0 Å². The molecule has 1 aliphatic heterocycles. The predicted molar refractivity (Wildman–Crippen MR) is 19.8 cm³/mol. The van der Waals surface area contributed by atoms with E-state index >= 15 is 0 Å². The first kappa shape index (κ1) is 5.83. The molecule has 1 radical (unpaired) electrons. The van der Waals surface area contributed by atoms with Gasteiger partial charge < -0.3 is 0 Å². The van der Waals surface area contributed by atoms with E-state index in [0.717, 1.165) is 0 Å². The molecule has 6 heavy (non-hydrogen) atoms. The molecule has 1 aliphatic rings. The summed E-state index contributed by atoms with van der Waals surface area (Å²) >= 11 is 0. The van der Waals surface area contributed by atoms with Gasteiger partial charge in [-0.2, -0.15) is 0 Å². The maximum atomic E-state index is 3.61. The van der Waals surface area contributed by atoms with E-state index in [9.17, 15) is 0 Å². The van der Waals surface area contributed by atoms with Crippen molar-refractivity contribution in [3.8, 4) is 0 Å². The molecule has 0 aliphatic carbocycles. The van der Waals surface area contributed by atoms with Crippen molar-refractivity contribution in [2.24, 2.45) is 4.99 Å². The summed E-state index contributed by atoms with van der Waals surface area (Å²) in [7, 11) is 0. The smallest absolute Gasteiger partial charge is 0.115 e. The molecule has 3 heteroatoms. The van der Waals surface area contributed by atoms with Gasteiger partial charge in [-0.05, 0) is 0 Å². The van der Waals surface area contributed by atoms with Crippen molar-refractivity contribution in [2.75, 3.05) is 0 Å². The molecule has 0 spiro atoms. The van der Waals surface area contributed by atoms with Gasteiger partial charge in [-0.1, -0.05) is 0 Å². The van der Waals surface area contributed by atoms with Gasteiger partial charge in [-0.3, -0.25) is 0 Å². The van der Waals surface area contributed by atoms with E-state index < -0.39 is 0 Å². The van der Waals surface area contributed by atoms with Crippen LogP contribution in [-0.2, 0) is 19.5 Å². The standard InChI is InChI=1S/C3H3N2.Ru/c1-2-5-3-4-1;/h1-3H;. The minimum Gasteiger partial charge on any atom is -0.243 e. The van der Waals surface area contributed by atoms with Gasteiger partial charge in [-0.25, -0.2) is 10.3 Å². The second-order valence-electron chi connectivity index (χ2n) is 0.712. The first-order chi connectivity index (χ1) is 2.50. The number of nitrogens with zero attached hydrogens (tertiary/aromatic N) is 2. The number of hydrogen-bond donors (Lipinski definition) is 0. The van der Waals surface area contributed by atoms with Crippen molar-refractivity contribution >= 4 is 6.34 Å². The van der Waals surface area contributed by atoms with Crippen molar-refractivity contribution in [3.05, 3.63) is 12.4 Å². The molecule has 0 amide bonds. The van der Waals surface area contributed by atoms with Crippen molar-refractivity contribution < 1.29 is 19.5 Å². The molecule has 2 nitrogen and oxygen atoms in total. The van der Waals surface area contributed by atoms with E-state index in [1.54, 1.807) is 12.4 Å². The van der Waals surface area contributed by atoms with Gasteiger partial charge in [0.2, 0.25) is 0 Å². The summed E-state index contributed by atoms with van der Waals surface area (Å²) in [5.41, 5.74) is 0. The molecule has 33 valence electrons. The monoisotopic (exact) mass is 169 g/mol. The van der Waals surface area contributed by atoms with E-state index in [0.29, 0.717) is 0 Å². The van der Waals surface area contributed by atoms with E-state index in [4.69, 9.17) is 0 Å². The summed E-state index contributed by atoms with van der Waals surface area (Å²) in [6.07, 6.45) is 4.78. The van der Waals surface area contributed by atoms with Gasteiger partial charge in [0.25, 0.3) is 0 Å². The van der Waals surface area contributed by atoms with Crippen LogP contribution in [0.25, 0.3) is 0 Å². The second kappa shape index (κ2) is 3.04. The van der Waals surface area contributed by atoms with Crippen molar-refractivity contribution in [2.45, 2.75) is 0 Å². The molecule has 0 atom stereocenters. The Bertz CT molecular complexity index is 66.9. The van der Waals surface area contributed by atoms with Gasteiger partial charge in [-0.15, -0.1) is 0 Å². The molecule has 0 saturated heterocycles. The summed E-state index contributed by atoms with van der Waals surface area (Å²) in [4.78, 5) is 3.61. The third-order valence-corrected chi connectivity index (χ3v) is 0.372. The van der Waals surface area contributed by atoms with Crippen LogP contribution < -0.4 is 5.32 Å². The quantitative estimate of drug-likeness (QED) is 0.459. The second-order valence-corrected chi connectivity index (χ2v) is 0.712. The topological polar surface area (TPSA) is 26.5 Å². The molecule has 0 fully saturated rings. The molecular weight excluding hydrogens is 165 g/mol. The Morgan fingerprint density at radius 3 is 2.17 bits per heavy atom. The summed E-state index contributed by atoms with van der Waals surface area (Å²) in [6, 6.07) is 0. The van der Waals surface area contributed by atoms with E-state index in [-0.39, 0.29) is 19.5 Å². The third kappa shape index (κ3) is 1.32. The first-order valence-electron chi connectivity index (χ1n) is 1.37. The minimum absolute atomic E-state index is 0. The Labute approximate surface area is 49.1 Å². The van der Waals surface area contributed by atoms with Crippen LogP contribution in [-0.4, -0.2) is 6.34 Å². The molecule has 0 unspecified atom stereocenters. The minimum atomic E-state index is 0. The maximum absolute atomic E-state index is 3.61. The predicted octanol–water partition coefficient (Wildman–Crippen LogP) is 0.101. The molecule has 0 bridgehead atoms. The Kier molecular flexibility index (Phi) is 2.96. The number of aliphatic imine (C=N–C) groups is 1. The molecule has 0 aromatic rings. The Morgan fingerprint density at radius 1 is 1.17 bits per heavy atom. The molecular formula is C3H3N2Ru. The molecule has 0 saturated carbocycles. The van der Waals surface area contributed by atoms with Crippen LogP contribution in [0, 0.1) is 0 Å². The largest absolute Gasteiger partial charge is 0.243 e. The number of hydrogen-bond acceptors (Lipinski definition) is 1. The van der Waals surface area contributed by atoms with E-state index in [1.165, 1.54) is 6.34 Å². The summed E-state index contributed by atoms with van der Waals surface area (Å²) < 4.78 is 0. The van der Waals surface area contributed by atoms with Crippen molar-refractivity contribution in [1.29, 1.82) is 0 Å². The molecule has 1 heterocycles. The molecule has 0 aromatic carbocycles. The summed E-state index contributed by atoms with van der Waals surface area (Å²) in [5, 5.41) is 3.61. The van der Waals surface area contributed by atoms with Crippen molar-refractivity contribution in [1.82, 2.24) is 5.32 Å². The van der Waals surface area contributed by atoms with Crippen molar-refractivity contribution in [3.63, 3.8) is 0 Å². The van der Waals surface area contributed by atoms with Gasteiger partial charge in [0.15, 0.2) is 0 Å². The number of rotatable bonds is 0. The molecule has 1 rings (SSSR count). The fraction of sp³-hybridized carbons (Fsp3) is 0. The van der Waals surface area contributed by atoms with Gasteiger partial charge in [0.05, 0.1) is 0 Å². The zero-order valence-corrected chi connectivity index (χ0v) is 4.72. The summed E-state index contributed by atoms with van der Waals surface area (Å²) in [6.45, 7) is 0. The van der Waals surface area contributed by atoms with Crippen LogP contribution in [0.1, 0.15) is 0 Å². The zero-order valence-electron chi connectivity index (χ0n) is 2.98. The van der Waals surface area contributed by atoms with E-state index in [2.05, 4.69) is 10.3 Å². The average molecular weight is 168 g/mol. The maximum Gasteiger partial charge on any atom is 0.115 e. The normalized spacial score (nSPS) is 13.3. The van der Waals surface area contributed by atoms with Crippen LogP contribution >= 0.6 is 0 Å². The fourth-order valence-corrected chi connectivity index (χ4v) is 0.192. The van der Waals surface area contributed by atoms with Crippen LogP contribution in [0.15, 0.2) is 17.4 Å². The Balaban J connectivity index is 0.000000250. The Morgan fingerprint density at radius 2 is 2.00 bits per heavy atom. The third-order valence-electron chi connectivity index (χ3n) is 0.372. The Hall–Kier alpha value is -0.167. The van der Waals surface area contributed by atoms with Gasteiger partial charge in [0, 0.05) is 31.9 Å². The zero-order chi connectivity index (χ0) is 3.54. The fourth-order valence-electron chi connectivity index (χ4n) is 0.192. The average Bonchev–Trinajstić information content (AvgIpc) is 1.76. The van der Waals surface area contributed by atoms with Crippen LogP contribution in [0.5, 0.6) is 0 Å². The molecule has 0 N–H and O–H groups in total. The SMILES string of the molecule is C1=CN=C[N]1.[Ru]. The van der Waals surface area contributed by atoms with Crippen LogP contribution in [0.2, 0.25) is 0 Å². The first-order valence-corrected chi connectivity index (χ1v) is 1.37. The van der Waals surface area contributed by atoms with Crippen LogP contribution in [0.4, 0.5) is 0 Å². The van der Waals surface area contributed by atoms with Crippen LogP contribution in [0.3, 0.4) is 0 Å².